The van der Waals surface area contributed by atoms with Gasteiger partial charge in [-0.25, -0.2) is 43.7 Å². The minimum absolute atomic E-state index is 0. The number of hydrogen-bond acceptors (Lipinski definition) is 15. The number of ketones is 1. The number of hydrogen-bond donors (Lipinski definition) is 5. The van der Waals surface area contributed by atoms with Gasteiger partial charge in [-0.3, -0.25) is 24.2 Å². The van der Waals surface area contributed by atoms with Crippen molar-refractivity contribution < 1.29 is 67.7 Å². The van der Waals surface area contributed by atoms with Gasteiger partial charge in [0.15, 0.2) is 23.1 Å². The van der Waals surface area contributed by atoms with Crippen LogP contribution in [-0.2, 0) is 9.47 Å². The molecule has 6 heterocycles. The normalized spacial score (nSPS) is 15.1. The van der Waals surface area contributed by atoms with Crippen molar-refractivity contribution in [2.24, 2.45) is 0 Å². The molecular formula is C57H71LiN12O10. The first-order chi connectivity index (χ1) is 36.7. The summed E-state index contributed by atoms with van der Waals surface area (Å²) in [5, 5.41) is 15.6. The number of amides is 4. The van der Waals surface area contributed by atoms with E-state index < -0.39 is 41.4 Å². The Morgan fingerprint density at radius 1 is 0.613 bits per heavy atom. The van der Waals surface area contributed by atoms with Crippen LogP contribution in [0, 0.1) is 0 Å². The Kier molecular flexibility index (Phi) is 20.3. The number of rotatable bonds is 12. The van der Waals surface area contributed by atoms with Crippen molar-refractivity contribution in [1.29, 1.82) is 0 Å². The molecule has 0 spiro atoms. The number of aromatic nitrogens is 6. The van der Waals surface area contributed by atoms with Gasteiger partial charge in [0.1, 0.15) is 39.9 Å². The summed E-state index contributed by atoms with van der Waals surface area (Å²) in [6.45, 7) is 21.4. The van der Waals surface area contributed by atoms with E-state index in [1.165, 1.54) is 16.5 Å². The fourth-order valence-corrected chi connectivity index (χ4v) is 9.15. The maximum Gasteiger partial charge on any atom is 1.00 e. The number of nitrogens with zero attached hydrogens (tertiary/aromatic N) is 8. The third-order valence-corrected chi connectivity index (χ3v) is 13.0. The number of nitrogens with one attached hydrogen (secondary N) is 2. The summed E-state index contributed by atoms with van der Waals surface area (Å²) >= 11 is 0. The molecule has 2 atom stereocenters. The van der Waals surface area contributed by atoms with Gasteiger partial charge < -0.3 is 42.4 Å². The van der Waals surface area contributed by atoms with Gasteiger partial charge in [0.25, 0.3) is 11.8 Å². The average molecular weight is 1090 g/mol. The van der Waals surface area contributed by atoms with E-state index in [9.17, 15) is 33.9 Å². The standard InChI is InChI=1S/C29H36N6O4.C28H34N6O5.Li.H2O/c1-17(2)21-13-14-31-23(16-21)32-27(37)20-11-9-19(10-12-20)24-25(18(3)36)35(30)26(33-24)22-8-7-15-34(22)28(38)39-29(4,5)6;1-16(2)19-12-13-30-21(15-19)31-25(35)18-10-8-17(9-11-18)22-23(26(36)37)34(29)24(32-22)20-7-6-14-33(20)27(38)39-28(3,4)5;;/h9-14,16-17,22H,7-8,15,30H2,1-6H3,(H,31,32,37);8-13,15-16,20H,6-7,14,29H2,1-5H3,(H,36,37)(H,30,31,35);;1H2/q;;+1;/p-1/t22-;20-;;/m00../s1. The number of nitrogen functional groups attached to an aromatic ring is 2. The molecule has 0 unspecified atom stereocenters. The summed E-state index contributed by atoms with van der Waals surface area (Å²) in [6, 6.07) is 19.7. The monoisotopic (exact) mass is 1090 g/mol. The Labute approximate surface area is 477 Å². The first-order valence-electron chi connectivity index (χ1n) is 26.0. The maximum absolute atomic E-state index is 12.9. The molecule has 2 aliphatic rings. The number of pyridine rings is 2. The summed E-state index contributed by atoms with van der Waals surface area (Å²) in [5.74, 6) is 12.7. The molecule has 8 rings (SSSR count). The number of carboxylic acids is 1. The molecule has 2 fully saturated rings. The number of imidazole rings is 2. The van der Waals surface area contributed by atoms with Gasteiger partial charge >= 0.3 is 37.0 Å². The van der Waals surface area contributed by atoms with Crippen LogP contribution in [0.15, 0.2) is 85.2 Å². The Morgan fingerprint density at radius 3 is 1.31 bits per heavy atom. The van der Waals surface area contributed by atoms with E-state index in [4.69, 9.17) is 26.1 Å². The molecule has 23 heteroatoms. The van der Waals surface area contributed by atoms with Crippen molar-refractivity contribution in [3.8, 4) is 22.5 Å². The number of carbonyl (C=O) groups is 6. The topological polar surface area (TPSA) is 315 Å². The van der Waals surface area contributed by atoms with Crippen molar-refractivity contribution >= 4 is 47.4 Å². The second kappa shape index (κ2) is 25.8. The Balaban J connectivity index is 0.000000287. The number of anilines is 2. The third-order valence-electron chi connectivity index (χ3n) is 13.0. The molecule has 22 nitrogen and oxygen atoms in total. The second-order valence-corrected chi connectivity index (χ2v) is 21.9. The average Bonchev–Trinajstić information content (AvgIpc) is 4.22. The molecule has 0 saturated carbocycles. The SMILES string of the molecule is CC(=O)c1c(-c2ccc(C(=O)Nc3cc(C(C)C)ccn3)cc2)nc([C@@H]2CCCN2C(=O)OC(C)(C)C)n1N.CC(C)c1ccnc(NC(=O)c2ccc(-c3nc([C@@H]4CCCN4C(=O)OC(C)(C)C)n(N)c3C(=O)O)cc2)c1.[Li+].[OH-]. The summed E-state index contributed by atoms with van der Waals surface area (Å²) in [5.41, 5.74) is 3.27. The zero-order valence-corrected chi connectivity index (χ0v) is 47.5. The Morgan fingerprint density at radius 2 is 0.975 bits per heavy atom. The molecule has 6 aromatic rings. The molecule has 2 saturated heterocycles. The molecular weight excluding hydrogens is 1020 g/mol. The van der Waals surface area contributed by atoms with Crippen LogP contribution in [0.2, 0.25) is 0 Å². The summed E-state index contributed by atoms with van der Waals surface area (Å²) in [6.07, 6.45) is 5.06. The molecule has 4 amide bonds. The van der Waals surface area contributed by atoms with E-state index >= 15 is 0 Å². The molecule has 8 N–H and O–H groups in total. The van der Waals surface area contributed by atoms with E-state index in [1.807, 2.05) is 45.0 Å². The van der Waals surface area contributed by atoms with Crippen molar-refractivity contribution in [1.82, 2.24) is 39.1 Å². The summed E-state index contributed by atoms with van der Waals surface area (Å²) < 4.78 is 13.4. The second-order valence-electron chi connectivity index (χ2n) is 21.9. The fraction of sp³-hybridized carbons (Fsp3) is 0.404. The maximum atomic E-state index is 12.9. The van der Waals surface area contributed by atoms with Gasteiger partial charge in [-0.05, 0) is 139 Å². The zero-order chi connectivity index (χ0) is 57.0. The first-order valence-corrected chi connectivity index (χ1v) is 26.0. The van der Waals surface area contributed by atoms with Gasteiger partial charge in [-0.1, -0.05) is 52.0 Å². The number of carboxylic acid groups (broad SMARTS) is 1. The summed E-state index contributed by atoms with van der Waals surface area (Å²) in [7, 11) is 0. The Hall–Kier alpha value is -8.06. The molecule has 0 bridgehead atoms. The van der Waals surface area contributed by atoms with Gasteiger partial charge in [0.2, 0.25) is 0 Å². The Bertz CT molecular complexity index is 3000. The molecule has 420 valence electrons. The van der Waals surface area contributed by atoms with Crippen LogP contribution in [0.25, 0.3) is 22.5 Å². The molecule has 4 aromatic heterocycles. The van der Waals surface area contributed by atoms with Gasteiger partial charge in [0, 0.05) is 54.7 Å². The van der Waals surface area contributed by atoms with Crippen LogP contribution in [0.5, 0.6) is 0 Å². The fourth-order valence-electron chi connectivity index (χ4n) is 9.15. The third kappa shape index (κ3) is 14.8. The zero-order valence-electron chi connectivity index (χ0n) is 47.5. The molecule has 0 aliphatic carbocycles. The first kappa shape index (κ1) is 62.8. The number of aromatic carboxylic acids is 1. The van der Waals surface area contributed by atoms with E-state index in [0.717, 1.165) is 22.2 Å². The number of ether oxygens (including phenoxy) is 2. The summed E-state index contributed by atoms with van der Waals surface area (Å²) in [4.78, 5) is 97.0. The van der Waals surface area contributed by atoms with E-state index in [-0.39, 0.29) is 64.8 Å². The molecule has 80 heavy (non-hydrogen) atoms. The van der Waals surface area contributed by atoms with Crippen LogP contribution >= 0.6 is 0 Å². The van der Waals surface area contributed by atoms with Crippen LogP contribution in [0.4, 0.5) is 21.2 Å². The number of carbonyl (C=O) groups excluding carboxylic acids is 5. The minimum atomic E-state index is -1.26. The van der Waals surface area contributed by atoms with E-state index in [1.54, 1.807) is 86.6 Å². The van der Waals surface area contributed by atoms with Crippen molar-refractivity contribution in [3.05, 3.63) is 130 Å². The van der Waals surface area contributed by atoms with Crippen molar-refractivity contribution in [2.75, 3.05) is 35.4 Å². The number of likely N-dealkylation sites (tertiary alicyclic amines) is 2. The van der Waals surface area contributed by atoms with Gasteiger partial charge in [-0.15, -0.1) is 0 Å². The number of nitrogens with two attached hydrogens (primary N) is 2. The van der Waals surface area contributed by atoms with Crippen LogP contribution in [-0.4, -0.2) is 110 Å². The largest absolute Gasteiger partial charge is 1.00 e. The predicted molar refractivity (Wildman–Crippen MR) is 297 cm³/mol. The number of Topliss-reactive ketones (excluding diaryl/α,β-unsaturated/α-hetero) is 1. The smallest absolute Gasteiger partial charge is 0.870 e. The van der Waals surface area contributed by atoms with E-state index in [0.29, 0.717) is 89.6 Å². The van der Waals surface area contributed by atoms with Crippen LogP contribution in [0.1, 0.15) is 190 Å². The predicted octanol–water partition coefficient (Wildman–Crippen LogP) is 6.94. The molecule has 0 radical (unpaired) electrons. The molecule has 2 aliphatic heterocycles. The van der Waals surface area contributed by atoms with E-state index in [2.05, 4.69) is 53.3 Å². The van der Waals surface area contributed by atoms with Crippen molar-refractivity contribution in [3.63, 3.8) is 0 Å². The van der Waals surface area contributed by atoms with Crippen LogP contribution in [0.3, 0.4) is 0 Å². The molecule has 2 aromatic carbocycles. The quantitative estimate of drug-likeness (QED) is 0.0471. The van der Waals surface area contributed by atoms with Gasteiger partial charge in [-0.2, -0.15) is 0 Å². The minimum Gasteiger partial charge on any atom is -0.870 e. The van der Waals surface area contributed by atoms with Gasteiger partial charge in [0.05, 0.1) is 12.1 Å². The van der Waals surface area contributed by atoms with Crippen molar-refractivity contribution in [2.45, 2.75) is 137 Å². The number of benzene rings is 2. The van der Waals surface area contributed by atoms with Crippen LogP contribution < -0.4 is 41.2 Å².